The van der Waals surface area contributed by atoms with Crippen LogP contribution in [0.15, 0.2) is 46.9 Å². The Bertz CT molecular complexity index is 882. The van der Waals surface area contributed by atoms with Gasteiger partial charge < -0.3 is 9.47 Å². The third-order valence-corrected chi connectivity index (χ3v) is 4.39. The second kappa shape index (κ2) is 11.0. The van der Waals surface area contributed by atoms with Crippen LogP contribution in [0.25, 0.3) is 0 Å². The molecule has 0 unspecified atom stereocenters. The van der Waals surface area contributed by atoms with Crippen molar-refractivity contribution in [3.63, 3.8) is 0 Å². The summed E-state index contributed by atoms with van der Waals surface area (Å²) in [7, 11) is 1.56. The van der Waals surface area contributed by atoms with Crippen LogP contribution < -0.4 is 20.9 Å². The Hall–Kier alpha value is -2.20. The minimum absolute atomic E-state index is 0.0896. The number of methoxy groups -OCH3 is 1. The van der Waals surface area contributed by atoms with E-state index in [1.807, 2.05) is 0 Å². The Morgan fingerprint density at radius 1 is 1.07 bits per heavy atom. The molecule has 0 atom stereocenters. The third-order valence-electron chi connectivity index (χ3n) is 3.37. The van der Waals surface area contributed by atoms with Crippen LogP contribution in [0.4, 0.5) is 0 Å². The number of carbonyl (C=O) groups excluding carboxylic acids is 2. The van der Waals surface area contributed by atoms with Gasteiger partial charge in [-0.05, 0) is 42.5 Å². The number of hydrogen-bond donors (Lipinski definition) is 3. The van der Waals surface area contributed by atoms with Crippen LogP contribution in [0.5, 0.6) is 5.75 Å². The molecular formula is C18H17BrClN3O4S. The smallest absolute Gasteiger partial charge is 0.271 e. The zero-order valence-electron chi connectivity index (χ0n) is 14.8. The Kier molecular flexibility index (Phi) is 8.65. The summed E-state index contributed by atoms with van der Waals surface area (Å²) in [5.74, 6) is -0.618. The summed E-state index contributed by atoms with van der Waals surface area (Å²) in [5, 5.41) is 2.68. The van der Waals surface area contributed by atoms with Gasteiger partial charge in [0.25, 0.3) is 11.8 Å². The van der Waals surface area contributed by atoms with Crippen molar-refractivity contribution in [2.75, 3.05) is 20.3 Å². The van der Waals surface area contributed by atoms with E-state index in [2.05, 4.69) is 32.1 Å². The predicted octanol–water partition coefficient (Wildman–Crippen LogP) is 3.08. The molecule has 0 spiro atoms. The van der Waals surface area contributed by atoms with Crippen LogP contribution in [0.1, 0.15) is 20.7 Å². The summed E-state index contributed by atoms with van der Waals surface area (Å²) in [6.07, 6.45) is 0. The number of hydrogen-bond acceptors (Lipinski definition) is 5. The lowest BCUT2D eigenvalue weighted by molar-refractivity contribution is 0.0933. The zero-order chi connectivity index (χ0) is 20.5. The highest BCUT2D eigenvalue weighted by molar-refractivity contribution is 9.10. The van der Waals surface area contributed by atoms with Crippen LogP contribution in [0, 0.1) is 0 Å². The van der Waals surface area contributed by atoms with Gasteiger partial charge in [-0.15, -0.1) is 0 Å². The lowest BCUT2D eigenvalue weighted by atomic mass is 10.2. The topological polar surface area (TPSA) is 88.7 Å². The first kappa shape index (κ1) is 22.1. The molecule has 0 fully saturated rings. The SMILES string of the molecule is COCCOc1ccc(Br)cc1C(=O)NC(=S)NNC(=O)c1ccccc1Cl. The molecule has 0 saturated carbocycles. The third kappa shape index (κ3) is 6.45. The second-order valence-electron chi connectivity index (χ2n) is 5.32. The van der Waals surface area contributed by atoms with E-state index in [-0.39, 0.29) is 22.8 Å². The summed E-state index contributed by atoms with van der Waals surface area (Å²) in [6, 6.07) is 11.5. The fourth-order valence-corrected chi connectivity index (χ4v) is 2.79. The lowest BCUT2D eigenvalue weighted by Crippen LogP contribution is -2.48. The average Bonchev–Trinajstić information content (AvgIpc) is 2.67. The molecule has 28 heavy (non-hydrogen) atoms. The standard InChI is InChI=1S/C18H17BrClN3O4S/c1-26-8-9-27-15-7-6-11(19)10-13(15)16(24)21-18(28)23-22-17(25)12-4-2-3-5-14(12)20/h2-7,10H,8-9H2,1H3,(H,22,25)(H2,21,23,24,28). The number of carbonyl (C=O) groups is 2. The molecule has 2 aromatic rings. The van der Waals surface area contributed by atoms with E-state index >= 15 is 0 Å². The summed E-state index contributed by atoms with van der Waals surface area (Å²) in [6.45, 7) is 0.667. The first-order valence-corrected chi connectivity index (χ1v) is 9.57. The molecule has 2 rings (SSSR count). The molecule has 148 valence electrons. The fraction of sp³-hybridized carbons (Fsp3) is 0.167. The van der Waals surface area contributed by atoms with Crippen LogP contribution >= 0.6 is 39.7 Å². The van der Waals surface area contributed by atoms with Gasteiger partial charge in [-0.3, -0.25) is 25.8 Å². The molecule has 0 aromatic heterocycles. The van der Waals surface area contributed by atoms with Crippen LogP contribution in [-0.4, -0.2) is 37.3 Å². The highest BCUT2D eigenvalue weighted by atomic mass is 79.9. The van der Waals surface area contributed by atoms with Gasteiger partial charge >= 0.3 is 0 Å². The first-order chi connectivity index (χ1) is 13.4. The number of halogens is 2. The van der Waals surface area contributed by atoms with Crippen LogP contribution in [-0.2, 0) is 4.74 Å². The minimum Gasteiger partial charge on any atom is -0.490 e. The largest absolute Gasteiger partial charge is 0.490 e. The fourth-order valence-electron chi connectivity index (χ4n) is 2.07. The number of rotatable bonds is 6. The molecule has 0 radical (unpaired) electrons. The molecule has 2 amide bonds. The van der Waals surface area contributed by atoms with Crippen molar-refractivity contribution < 1.29 is 19.1 Å². The highest BCUT2D eigenvalue weighted by Crippen LogP contribution is 2.23. The summed E-state index contributed by atoms with van der Waals surface area (Å²) < 4.78 is 11.2. The molecule has 10 heteroatoms. The molecule has 0 aliphatic carbocycles. The number of hydrazine groups is 1. The van der Waals surface area contributed by atoms with Crippen molar-refractivity contribution in [2.24, 2.45) is 0 Å². The van der Waals surface area contributed by atoms with Crippen molar-refractivity contribution in [3.8, 4) is 5.75 Å². The number of ether oxygens (including phenoxy) is 2. The molecule has 0 heterocycles. The van der Waals surface area contributed by atoms with E-state index in [1.165, 1.54) is 0 Å². The Morgan fingerprint density at radius 3 is 2.54 bits per heavy atom. The second-order valence-corrected chi connectivity index (χ2v) is 7.06. The van der Waals surface area contributed by atoms with Gasteiger partial charge in [0.05, 0.1) is 22.8 Å². The maximum atomic E-state index is 12.5. The summed E-state index contributed by atoms with van der Waals surface area (Å²) >= 11 is 14.3. The van der Waals surface area contributed by atoms with Crippen molar-refractivity contribution in [1.82, 2.24) is 16.2 Å². The Balaban J connectivity index is 1.96. The maximum absolute atomic E-state index is 12.5. The normalized spacial score (nSPS) is 10.1. The lowest BCUT2D eigenvalue weighted by Gasteiger charge is -2.14. The van der Waals surface area contributed by atoms with Crippen LogP contribution in [0.3, 0.4) is 0 Å². The van der Waals surface area contributed by atoms with E-state index < -0.39 is 11.8 Å². The summed E-state index contributed by atoms with van der Waals surface area (Å²) in [4.78, 5) is 24.6. The Morgan fingerprint density at radius 2 is 1.82 bits per heavy atom. The molecular weight excluding hydrogens is 470 g/mol. The zero-order valence-corrected chi connectivity index (χ0v) is 17.9. The number of amides is 2. The molecule has 3 N–H and O–H groups in total. The quantitative estimate of drug-likeness (QED) is 0.330. The van der Waals surface area contributed by atoms with Gasteiger partial charge in [-0.1, -0.05) is 39.7 Å². The molecule has 0 bridgehead atoms. The van der Waals surface area contributed by atoms with Gasteiger partial charge in [0.1, 0.15) is 12.4 Å². The van der Waals surface area contributed by atoms with Crippen molar-refractivity contribution in [2.45, 2.75) is 0 Å². The summed E-state index contributed by atoms with van der Waals surface area (Å²) in [5.41, 5.74) is 5.38. The average molecular weight is 487 g/mol. The van der Waals surface area contributed by atoms with Gasteiger partial charge in [-0.2, -0.15) is 0 Å². The molecule has 0 aliphatic rings. The number of nitrogens with one attached hydrogen (secondary N) is 3. The van der Waals surface area contributed by atoms with Crippen molar-refractivity contribution in [3.05, 3.63) is 63.1 Å². The Labute approximate surface area is 180 Å². The van der Waals surface area contributed by atoms with Gasteiger partial charge in [0, 0.05) is 11.6 Å². The molecule has 0 saturated heterocycles. The van der Waals surface area contributed by atoms with Gasteiger partial charge in [0.2, 0.25) is 0 Å². The minimum atomic E-state index is -0.502. The van der Waals surface area contributed by atoms with E-state index in [0.717, 1.165) is 0 Å². The molecule has 7 nitrogen and oxygen atoms in total. The van der Waals surface area contributed by atoms with Gasteiger partial charge in [-0.25, -0.2) is 0 Å². The highest BCUT2D eigenvalue weighted by Gasteiger charge is 2.16. The van der Waals surface area contributed by atoms with E-state index in [9.17, 15) is 9.59 Å². The molecule has 0 aliphatic heterocycles. The van der Waals surface area contributed by atoms with Crippen molar-refractivity contribution in [1.29, 1.82) is 0 Å². The number of thiocarbonyl (C=S) groups is 1. The van der Waals surface area contributed by atoms with Crippen LogP contribution in [0.2, 0.25) is 5.02 Å². The van der Waals surface area contributed by atoms with E-state index in [4.69, 9.17) is 33.3 Å². The van der Waals surface area contributed by atoms with E-state index in [1.54, 1.807) is 49.6 Å². The monoisotopic (exact) mass is 485 g/mol. The first-order valence-electron chi connectivity index (χ1n) is 8.00. The number of benzene rings is 2. The molecule has 2 aromatic carbocycles. The maximum Gasteiger partial charge on any atom is 0.271 e. The predicted molar refractivity (Wildman–Crippen MR) is 114 cm³/mol. The van der Waals surface area contributed by atoms with Gasteiger partial charge in [0.15, 0.2) is 5.11 Å². The van der Waals surface area contributed by atoms with E-state index in [0.29, 0.717) is 21.9 Å². The van der Waals surface area contributed by atoms with Crippen molar-refractivity contribution >= 4 is 56.7 Å².